The van der Waals surface area contributed by atoms with Crippen molar-refractivity contribution in [2.75, 3.05) is 0 Å². The van der Waals surface area contributed by atoms with Crippen molar-refractivity contribution in [2.45, 2.75) is 130 Å². The summed E-state index contributed by atoms with van der Waals surface area (Å²) in [6, 6.07) is 5.16. The zero-order chi connectivity index (χ0) is 18.9. The van der Waals surface area contributed by atoms with Crippen LogP contribution in [0.2, 0.25) is 0 Å². The van der Waals surface area contributed by atoms with Crippen LogP contribution in [-0.2, 0) is 6.42 Å². The molecular weight excluding hydrogens is 314 g/mol. The molecule has 1 nitrogen and oxygen atoms in total. The van der Waals surface area contributed by atoms with E-state index in [0.717, 1.165) is 0 Å². The van der Waals surface area contributed by atoms with E-state index in [2.05, 4.69) is 49.9 Å². The second-order valence-electron chi connectivity index (χ2n) is 8.45. The Hall–Kier alpha value is -0.850. The summed E-state index contributed by atoms with van der Waals surface area (Å²) in [5.74, 6) is 0. The topological polar surface area (TPSA) is 3.88 Å². The average Bonchev–Trinajstić information content (AvgIpc) is 2.65. The summed E-state index contributed by atoms with van der Waals surface area (Å²) in [6.45, 7) is 6.76. The van der Waals surface area contributed by atoms with Crippen LogP contribution in [0.5, 0.6) is 0 Å². The van der Waals surface area contributed by atoms with E-state index in [1.165, 1.54) is 108 Å². The molecular formula is C25H46N+. The van der Waals surface area contributed by atoms with E-state index < -0.39 is 0 Å². The molecule has 0 atom stereocenters. The second kappa shape index (κ2) is 16.3. The molecule has 150 valence electrons. The molecule has 0 aliphatic rings. The standard InChI is InChI=1S/C25H46N/c1-4-5-6-7-8-9-10-11-12-13-14-15-16-17-18-19-25-20-22-26(23-21-25)24(2)3/h20-24H,4-19H2,1-3H3/q+1. The van der Waals surface area contributed by atoms with Gasteiger partial charge in [0.1, 0.15) is 0 Å². The SMILES string of the molecule is CCCCCCCCCCCCCCCCCc1cc[n+](C(C)C)cc1. The van der Waals surface area contributed by atoms with Crippen molar-refractivity contribution < 1.29 is 4.57 Å². The third-order valence-electron chi connectivity index (χ3n) is 5.59. The normalized spacial score (nSPS) is 11.4. The lowest BCUT2D eigenvalue weighted by Gasteiger charge is -2.04. The van der Waals surface area contributed by atoms with Gasteiger partial charge in [0.15, 0.2) is 18.4 Å². The van der Waals surface area contributed by atoms with Crippen LogP contribution in [0.1, 0.15) is 129 Å². The number of nitrogens with zero attached hydrogens (tertiary/aromatic N) is 1. The molecule has 1 aromatic heterocycles. The maximum Gasteiger partial charge on any atom is 0.169 e. The average molecular weight is 361 g/mol. The number of hydrogen-bond acceptors (Lipinski definition) is 0. The molecule has 0 aliphatic heterocycles. The molecule has 0 amide bonds. The van der Waals surface area contributed by atoms with Crippen molar-refractivity contribution in [3.8, 4) is 0 Å². The molecule has 0 aliphatic carbocycles. The van der Waals surface area contributed by atoms with Crippen molar-refractivity contribution in [2.24, 2.45) is 0 Å². The number of aromatic nitrogens is 1. The minimum absolute atomic E-state index is 0.565. The maximum absolute atomic E-state index is 2.30. The van der Waals surface area contributed by atoms with Gasteiger partial charge in [0.25, 0.3) is 0 Å². The van der Waals surface area contributed by atoms with E-state index >= 15 is 0 Å². The smallest absolute Gasteiger partial charge is 0.169 e. The number of pyridine rings is 1. The third kappa shape index (κ3) is 12.5. The Morgan fingerprint density at radius 2 is 1.00 bits per heavy atom. The number of aryl methyl sites for hydroxylation is 1. The molecule has 0 saturated carbocycles. The molecule has 0 saturated heterocycles. The minimum atomic E-state index is 0.565. The van der Waals surface area contributed by atoms with Gasteiger partial charge in [0, 0.05) is 12.1 Å². The number of rotatable bonds is 17. The Balaban J connectivity index is 1.82. The minimum Gasteiger partial charge on any atom is -0.203 e. The van der Waals surface area contributed by atoms with E-state index in [1.54, 1.807) is 0 Å². The van der Waals surface area contributed by atoms with Gasteiger partial charge in [0.05, 0.1) is 0 Å². The van der Waals surface area contributed by atoms with Crippen molar-refractivity contribution in [3.05, 3.63) is 30.1 Å². The van der Waals surface area contributed by atoms with Gasteiger partial charge in [-0.25, -0.2) is 4.57 Å². The highest BCUT2D eigenvalue weighted by atomic mass is 15.0. The Labute approximate surface area is 164 Å². The van der Waals surface area contributed by atoms with E-state index in [1.807, 2.05) is 0 Å². The Morgan fingerprint density at radius 3 is 1.38 bits per heavy atom. The van der Waals surface area contributed by atoms with Gasteiger partial charge in [-0.05, 0) is 32.3 Å². The molecule has 26 heavy (non-hydrogen) atoms. The highest BCUT2D eigenvalue weighted by Gasteiger charge is 2.04. The molecule has 0 fully saturated rings. The van der Waals surface area contributed by atoms with Gasteiger partial charge >= 0.3 is 0 Å². The first-order valence-corrected chi connectivity index (χ1v) is 11.7. The third-order valence-corrected chi connectivity index (χ3v) is 5.59. The van der Waals surface area contributed by atoms with Gasteiger partial charge < -0.3 is 0 Å². The van der Waals surface area contributed by atoms with Crippen LogP contribution in [0.25, 0.3) is 0 Å². The van der Waals surface area contributed by atoms with E-state index in [0.29, 0.717) is 6.04 Å². The van der Waals surface area contributed by atoms with Crippen molar-refractivity contribution >= 4 is 0 Å². The van der Waals surface area contributed by atoms with Gasteiger partial charge in [-0.2, -0.15) is 0 Å². The van der Waals surface area contributed by atoms with Crippen LogP contribution in [0.15, 0.2) is 24.5 Å². The lowest BCUT2D eigenvalue weighted by atomic mass is 10.0. The first-order valence-electron chi connectivity index (χ1n) is 11.7. The van der Waals surface area contributed by atoms with E-state index in [4.69, 9.17) is 0 Å². The van der Waals surface area contributed by atoms with Crippen LogP contribution in [-0.4, -0.2) is 0 Å². The number of hydrogen-bond donors (Lipinski definition) is 0. The van der Waals surface area contributed by atoms with Crippen LogP contribution < -0.4 is 4.57 Å². The molecule has 1 rings (SSSR count). The quantitative estimate of drug-likeness (QED) is 0.196. The summed E-state index contributed by atoms with van der Waals surface area (Å²) in [4.78, 5) is 0. The summed E-state index contributed by atoms with van der Waals surface area (Å²) in [5, 5.41) is 0. The van der Waals surface area contributed by atoms with Crippen molar-refractivity contribution in [1.82, 2.24) is 0 Å². The summed E-state index contributed by atoms with van der Waals surface area (Å²) in [6.07, 6.45) is 27.3. The van der Waals surface area contributed by atoms with E-state index in [9.17, 15) is 0 Å². The van der Waals surface area contributed by atoms with Gasteiger partial charge in [-0.1, -0.05) is 96.8 Å². The molecule has 0 unspecified atom stereocenters. The first-order chi connectivity index (χ1) is 12.7. The van der Waals surface area contributed by atoms with Crippen molar-refractivity contribution in [1.29, 1.82) is 0 Å². The summed E-state index contributed by atoms with van der Waals surface area (Å²) in [7, 11) is 0. The predicted octanol–water partition coefficient (Wildman–Crippen LogP) is 7.97. The van der Waals surface area contributed by atoms with Crippen LogP contribution >= 0.6 is 0 Å². The Kier molecular flexibility index (Phi) is 14.6. The van der Waals surface area contributed by atoms with Gasteiger partial charge in [-0.15, -0.1) is 0 Å². The highest BCUT2D eigenvalue weighted by molar-refractivity contribution is 5.07. The molecule has 0 radical (unpaired) electrons. The van der Waals surface area contributed by atoms with Crippen LogP contribution in [0.4, 0.5) is 0 Å². The summed E-state index contributed by atoms with van der Waals surface area (Å²) < 4.78 is 2.27. The largest absolute Gasteiger partial charge is 0.203 e. The number of unbranched alkanes of at least 4 members (excludes halogenated alkanes) is 14. The molecule has 0 bridgehead atoms. The van der Waals surface area contributed by atoms with Crippen molar-refractivity contribution in [3.63, 3.8) is 0 Å². The predicted molar refractivity (Wildman–Crippen MR) is 116 cm³/mol. The molecule has 0 N–H and O–H groups in total. The van der Waals surface area contributed by atoms with Gasteiger partial charge in [0.2, 0.25) is 0 Å². The lowest BCUT2D eigenvalue weighted by Crippen LogP contribution is -2.34. The summed E-state index contributed by atoms with van der Waals surface area (Å²) >= 11 is 0. The molecule has 0 spiro atoms. The molecule has 0 aromatic carbocycles. The fraction of sp³-hybridized carbons (Fsp3) is 0.800. The highest BCUT2D eigenvalue weighted by Crippen LogP contribution is 2.14. The van der Waals surface area contributed by atoms with E-state index in [-0.39, 0.29) is 0 Å². The molecule has 1 heteroatoms. The van der Waals surface area contributed by atoms with Crippen LogP contribution in [0, 0.1) is 0 Å². The van der Waals surface area contributed by atoms with Crippen LogP contribution in [0.3, 0.4) is 0 Å². The van der Waals surface area contributed by atoms with Gasteiger partial charge in [-0.3, -0.25) is 0 Å². The zero-order valence-electron chi connectivity index (χ0n) is 18.1. The molecule has 1 aromatic rings. The molecule has 1 heterocycles. The Morgan fingerprint density at radius 1 is 0.615 bits per heavy atom. The summed E-state index contributed by atoms with van der Waals surface area (Å²) in [5.41, 5.74) is 1.50. The fourth-order valence-electron chi connectivity index (χ4n) is 3.68. The second-order valence-corrected chi connectivity index (χ2v) is 8.45. The zero-order valence-corrected chi connectivity index (χ0v) is 18.1. The maximum atomic E-state index is 2.30. The lowest BCUT2D eigenvalue weighted by molar-refractivity contribution is -0.716. The fourth-order valence-corrected chi connectivity index (χ4v) is 3.68. The monoisotopic (exact) mass is 360 g/mol. The Bertz CT molecular complexity index is 407. The first kappa shape index (κ1) is 23.2.